The van der Waals surface area contributed by atoms with Crippen molar-refractivity contribution in [2.45, 2.75) is 18.8 Å². The summed E-state index contributed by atoms with van der Waals surface area (Å²) in [4.78, 5) is 4.37. The summed E-state index contributed by atoms with van der Waals surface area (Å²) >= 11 is 0. The van der Waals surface area contributed by atoms with Crippen molar-refractivity contribution in [2.75, 3.05) is 6.61 Å². The second-order valence-electron chi connectivity index (χ2n) is 8.49. The van der Waals surface area contributed by atoms with Crippen molar-refractivity contribution < 1.29 is 31.4 Å². The molecule has 0 radical (unpaired) electrons. The van der Waals surface area contributed by atoms with Gasteiger partial charge in [0.2, 0.25) is 5.90 Å². The lowest BCUT2D eigenvalue weighted by Gasteiger charge is -2.10. The highest BCUT2D eigenvalue weighted by atomic mass is 19.4. The highest BCUT2D eigenvalue weighted by molar-refractivity contribution is 5.95. The molecular formula is C29H20F5NO2. The van der Waals surface area contributed by atoms with Crippen LogP contribution < -0.4 is 4.74 Å². The molecule has 1 heterocycles. The molecule has 0 amide bonds. The first-order valence-electron chi connectivity index (χ1n) is 11.4. The van der Waals surface area contributed by atoms with Crippen LogP contribution in [0.4, 0.5) is 22.0 Å². The summed E-state index contributed by atoms with van der Waals surface area (Å²) in [5, 5.41) is 0. The smallest absolute Gasteiger partial charge is 0.416 e. The summed E-state index contributed by atoms with van der Waals surface area (Å²) in [6.45, 7) is 0.336. The third kappa shape index (κ3) is 5.48. The topological polar surface area (TPSA) is 30.8 Å². The van der Waals surface area contributed by atoms with Crippen LogP contribution in [0.15, 0.2) is 96.0 Å². The van der Waals surface area contributed by atoms with Gasteiger partial charge in [-0.25, -0.2) is 13.8 Å². The molecule has 0 saturated heterocycles. The van der Waals surface area contributed by atoms with Crippen LogP contribution >= 0.6 is 0 Å². The molecule has 188 valence electrons. The Labute approximate surface area is 209 Å². The number of hydrogen-bond acceptors (Lipinski definition) is 3. The summed E-state index contributed by atoms with van der Waals surface area (Å²) in [7, 11) is 0. The maximum Gasteiger partial charge on any atom is 0.416 e. The van der Waals surface area contributed by atoms with E-state index in [4.69, 9.17) is 9.47 Å². The summed E-state index contributed by atoms with van der Waals surface area (Å²) < 4.78 is 77.3. The van der Waals surface area contributed by atoms with Crippen LogP contribution in [-0.2, 0) is 17.5 Å². The van der Waals surface area contributed by atoms with E-state index in [-0.39, 0.29) is 30.7 Å². The van der Waals surface area contributed by atoms with E-state index >= 15 is 0 Å². The van der Waals surface area contributed by atoms with Gasteiger partial charge in [0.25, 0.3) is 0 Å². The molecule has 1 aliphatic heterocycles. The van der Waals surface area contributed by atoms with E-state index < -0.39 is 23.4 Å². The van der Waals surface area contributed by atoms with Gasteiger partial charge in [-0.1, -0.05) is 54.6 Å². The van der Waals surface area contributed by atoms with Gasteiger partial charge in [0.05, 0.1) is 5.56 Å². The molecule has 37 heavy (non-hydrogen) atoms. The molecule has 0 fully saturated rings. The SMILES string of the molecule is Fc1cccc(F)c1C1=NC(c2ccc(-c3ccc(OCc4ccc(C(F)(F)F)cc4)cc3)cc2)CO1. The molecule has 3 nitrogen and oxygen atoms in total. The van der Waals surface area contributed by atoms with Gasteiger partial charge < -0.3 is 9.47 Å². The standard InChI is InChI=1S/C29H20F5NO2/c30-24-2-1-3-25(31)27(24)28-35-26(17-37-28)21-8-6-19(7-9-21)20-10-14-23(15-11-20)36-16-18-4-12-22(13-5-18)29(32,33)34/h1-15,26H,16-17H2. The third-order valence-corrected chi connectivity index (χ3v) is 6.00. The van der Waals surface area contributed by atoms with E-state index in [1.807, 2.05) is 36.4 Å². The molecule has 0 saturated carbocycles. The van der Waals surface area contributed by atoms with Crippen LogP contribution in [0.5, 0.6) is 5.75 Å². The van der Waals surface area contributed by atoms with Crippen LogP contribution in [0.2, 0.25) is 0 Å². The highest BCUT2D eigenvalue weighted by Gasteiger charge is 2.30. The number of aliphatic imine (C=N–C) groups is 1. The number of nitrogens with zero attached hydrogens (tertiary/aromatic N) is 1. The van der Waals surface area contributed by atoms with E-state index in [2.05, 4.69) is 4.99 Å². The summed E-state index contributed by atoms with van der Waals surface area (Å²) in [5.41, 5.74) is 2.41. The molecule has 0 N–H and O–H groups in total. The van der Waals surface area contributed by atoms with Crippen LogP contribution in [0.3, 0.4) is 0 Å². The van der Waals surface area contributed by atoms with E-state index in [1.54, 1.807) is 12.1 Å². The van der Waals surface area contributed by atoms with Gasteiger partial charge in [0.1, 0.15) is 42.2 Å². The summed E-state index contributed by atoms with van der Waals surface area (Å²) in [6.07, 6.45) is -4.37. The van der Waals surface area contributed by atoms with Gasteiger partial charge >= 0.3 is 6.18 Å². The zero-order chi connectivity index (χ0) is 26.0. The fourth-order valence-corrected chi connectivity index (χ4v) is 3.98. The van der Waals surface area contributed by atoms with Gasteiger partial charge in [-0.15, -0.1) is 0 Å². The monoisotopic (exact) mass is 509 g/mol. The van der Waals surface area contributed by atoms with Gasteiger partial charge in [-0.2, -0.15) is 13.2 Å². The normalized spacial score (nSPS) is 15.3. The molecule has 0 aliphatic carbocycles. The quantitative estimate of drug-likeness (QED) is 0.249. The zero-order valence-corrected chi connectivity index (χ0v) is 19.3. The molecule has 0 spiro atoms. The third-order valence-electron chi connectivity index (χ3n) is 6.00. The first-order chi connectivity index (χ1) is 17.8. The minimum atomic E-state index is -4.37. The number of benzene rings is 4. The lowest BCUT2D eigenvalue weighted by Crippen LogP contribution is -2.07. The molecule has 8 heteroatoms. The lowest BCUT2D eigenvalue weighted by molar-refractivity contribution is -0.137. The van der Waals surface area contributed by atoms with Gasteiger partial charge in [0.15, 0.2) is 0 Å². The Hall–Kier alpha value is -4.20. The Morgan fingerprint density at radius 2 is 1.38 bits per heavy atom. The van der Waals surface area contributed by atoms with Crippen molar-refractivity contribution in [2.24, 2.45) is 4.99 Å². The second kappa shape index (κ2) is 10.0. The van der Waals surface area contributed by atoms with Crippen molar-refractivity contribution in [3.8, 4) is 16.9 Å². The predicted molar refractivity (Wildman–Crippen MR) is 129 cm³/mol. The Balaban J connectivity index is 1.22. The highest BCUT2D eigenvalue weighted by Crippen LogP contribution is 2.31. The average molecular weight is 509 g/mol. The van der Waals surface area contributed by atoms with E-state index in [1.165, 1.54) is 18.2 Å². The molecule has 0 aromatic heterocycles. The second-order valence-corrected chi connectivity index (χ2v) is 8.49. The number of ether oxygens (including phenoxy) is 2. The minimum Gasteiger partial charge on any atom is -0.489 e. The molecule has 0 bridgehead atoms. The maximum atomic E-state index is 14.0. The van der Waals surface area contributed by atoms with E-state index in [0.29, 0.717) is 11.3 Å². The number of hydrogen-bond donors (Lipinski definition) is 0. The van der Waals surface area contributed by atoms with Crippen molar-refractivity contribution >= 4 is 5.90 Å². The Kier molecular flexibility index (Phi) is 6.65. The molecule has 1 unspecified atom stereocenters. The van der Waals surface area contributed by atoms with E-state index in [9.17, 15) is 22.0 Å². The van der Waals surface area contributed by atoms with Gasteiger partial charge in [0, 0.05) is 0 Å². The number of alkyl halides is 3. The predicted octanol–water partition coefficient (Wildman–Crippen LogP) is 7.75. The number of rotatable bonds is 6. The molecule has 1 aliphatic rings. The Bertz CT molecular complexity index is 1390. The van der Waals surface area contributed by atoms with Crippen LogP contribution in [0.25, 0.3) is 11.1 Å². The van der Waals surface area contributed by atoms with Gasteiger partial charge in [-0.05, 0) is 58.7 Å². The molecular weight excluding hydrogens is 489 g/mol. The molecule has 4 aromatic rings. The fourth-order valence-electron chi connectivity index (χ4n) is 3.98. The fraction of sp³-hybridized carbons (Fsp3) is 0.138. The average Bonchev–Trinajstić information content (AvgIpc) is 3.37. The van der Waals surface area contributed by atoms with Crippen LogP contribution in [0.1, 0.15) is 28.3 Å². The number of halogens is 5. The molecule has 4 aromatic carbocycles. The largest absolute Gasteiger partial charge is 0.489 e. The van der Waals surface area contributed by atoms with Crippen molar-refractivity contribution in [1.82, 2.24) is 0 Å². The minimum absolute atomic E-state index is 0.0449. The Morgan fingerprint density at radius 1 is 0.784 bits per heavy atom. The molecule has 1 atom stereocenters. The van der Waals surface area contributed by atoms with Crippen LogP contribution in [0, 0.1) is 11.6 Å². The first kappa shape index (κ1) is 24.5. The zero-order valence-electron chi connectivity index (χ0n) is 19.3. The lowest BCUT2D eigenvalue weighted by atomic mass is 10.0. The van der Waals surface area contributed by atoms with Crippen molar-refractivity contribution in [3.05, 3.63) is 125 Å². The van der Waals surface area contributed by atoms with Crippen molar-refractivity contribution in [1.29, 1.82) is 0 Å². The van der Waals surface area contributed by atoms with E-state index in [0.717, 1.165) is 41.0 Å². The van der Waals surface area contributed by atoms with Crippen molar-refractivity contribution in [3.63, 3.8) is 0 Å². The molecule has 5 rings (SSSR count). The first-order valence-corrected chi connectivity index (χ1v) is 11.4. The maximum absolute atomic E-state index is 14.0. The summed E-state index contributed by atoms with van der Waals surface area (Å²) in [6, 6.07) is 23.1. The Morgan fingerprint density at radius 3 is 1.97 bits per heavy atom. The summed E-state index contributed by atoms with van der Waals surface area (Å²) in [5.74, 6) is -0.898. The van der Waals surface area contributed by atoms with Gasteiger partial charge in [-0.3, -0.25) is 0 Å². The van der Waals surface area contributed by atoms with Crippen LogP contribution in [-0.4, -0.2) is 12.5 Å².